The van der Waals surface area contributed by atoms with Crippen LogP contribution in [0.4, 0.5) is 0 Å². The van der Waals surface area contributed by atoms with Crippen LogP contribution in [0.5, 0.6) is 5.75 Å². The highest BCUT2D eigenvalue weighted by Gasteiger charge is 2.15. The summed E-state index contributed by atoms with van der Waals surface area (Å²) in [5, 5.41) is 5.65. The van der Waals surface area contributed by atoms with Crippen molar-refractivity contribution in [3.05, 3.63) is 68.7 Å². The molecule has 142 valence electrons. The molecular formula is C20H13Cl3N2OS2. The van der Waals surface area contributed by atoms with Crippen LogP contribution in [0.3, 0.4) is 0 Å². The van der Waals surface area contributed by atoms with Crippen LogP contribution in [0, 0.1) is 0 Å². The average molecular weight is 468 g/mol. The fourth-order valence-corrected chi connectivity index (χ4v) is 5.94. The number of aromatic nitrogens is 2. The molecule has 0 unspecified atom stereocenters. The zero-order chi connectivity index (χ0) is 19.7. The van der Waals surface area contributed by atoms with E-state index in [1.807, 2.05) is 24.3 Å². The van der Waals surface area contributed by atoms with Crippen LogP contribution in [0.1, 0.15) is 5.56 Å². The third-order valence-electron chi connectivity index (χ3n) is 4.20. The van der Waals surface area contributed by atoms with Crippen LogP contribution in [-0.4, -0.2) is 17.1 Å². The van der Waals surface area contributed by atoms with E-state index in [1.54, 1.807) is 48.7 Å². The van der Waals surface area contributed by atoms with Crippen LogP contribution < -0.4 is 4.74 Å². The molecule has 0 atom stereocenters. The molecule has 0 saturated heterocycles. The standard InChI is InChI=1S/C20H13Cl3N2OS2/c1-26-13-4-2-11(3-5-13)14-8-27-19-18(14)20(25-10-24-19)28-9-15-16(22)6-12(21)7-17(15)23/h2-8,10H,9H2,1H3. The number of rotatable bonds is 5. The molecule has 0 aliphatic heterocycles. The number of nitrogens with zero attached hydrogens (tertiary/aromatic N) is 2. The minimum atomic E-state index is 0.521. The van der Waals surface area contributed by atoms with Gasteiger partial charge >= 0.3 is 0 Å². The monoisotopic (exact) mass is 466 g/mol. The lowest BCUT2D eigenvalue weighted by Crippen LogP contribution is -1.90. The number of thioether (sulfide) groups is 1. The molecule has 0 fully saturated rings. The summed E-state index contributed by atoms with van der Waals surface area (Å²) in [6.07, 6.45) is 1.59. The molecule has 0 radical (unpaired) electrons. The van der Waals surface area contributed by atoms with Gasteiger partial charge in [-0.1, -0.05) is 46.9 Å². The van der Waals surface area contributed by atoms with Crippen LogP contribution in [0.25, 0.3) is 21.3 Å². The number of methoxy groups -OCH3 is 1. The molecule has 0 saturated carbocycles. The Balaban J connectivity index is 1.71. The van der Waals surface area contributed by atoms with Crippen molar-refractivity contribution < 1.29 is 4.74 Å². The molecule has 0 N–H and O–H groups in total. The van der Waals surface area contributed by atoms with Crippen molar-refractivity contribution in [1.82, 2.24) is 9.97 Å². The Morgan fingerprint density at radius 1 is 1.04 bits per heavy atom. The van der Waals surface area contributed by atoms with Crippen molar-refractivity contribution in [2.75, 3.05) is 7.11 Å². The number of hydrogen-bond donors (Lipinski definition) is 0. The minimum Gasteiger partial charge on any atom is -0.497 e. The first kappa shape index (κ1) is 19.8. The number of benzene rings is 2. The van der Waals surface area contributed by atoms with Crippen molar-refractivity contribution in [3.63, 3.8) is 0 Å². The Hall–Kier alpha value is -1.50. The predicted octanol–water partition coefficient (Wildman–Crippen LogP) is 7.62. The van der Waals surface area contributed by atoms with Crippen LogP contribution in [0.15, 0.2) is 53.1 Å². The van der Waals surface area contributed by atoms with Crippen LogP contribution in [0.2, 0.25) is 15.1 Å². The van der Waals surface area contributed by atoms with Gasteiger partial charge in [-0.2, -0.15) is 0 Å². The SMILES string of the molecule is COc1ccc(-c2csc3ncnc(SCc4c(Cl)cc(Cl)cc4Cl)c23)cc1. The summed E-state index contributed by atoms with van der Waals surface area (Å²) in [5.41, 5.74) is 3.02. The van der Waals surface area contributed by atoms with Crippen molar-refractivity contribution in [1.29, 1.82) is 0 Å². The Morgan fingerprint density at radius 3 is 2.43 bits per heavy atom. The topological polar surface area (TPSA) is 35.0 Å². The van der Waals surface area contributed by atoms with Crippen molar-refractivity contribution in [3.8, 4) is 16.9 Å². The van der Waals surface area contributed by atoms with E-state index < -0.39 is 0 Å². The Morgan fingerprint density at radius 2 is 1.75 bits per heavy atom. The normalized spacial score (nSPS) is 11.1. The van der Waals surface area contributed by atoms with Crippen molar-refractivity contribution >= 4 is 68.1 Å². The third kappa shape index (κ3) is 3.95. The second kappa shape index (κ2) is 8.47. The second-order valence-electron chi connectivity index (χ2n) is 5.87. The molecule has 0 spiro atoms. The highest BCUT2D eigenvalue weighted by atomic mass is 35.5. The Bertz CT molecular complexity index is 1120. The first-order valence-electron chi connectivity index (χ1n) is 8.19. The highest BCUT2D eigenvalue weighted by Crippen LogP contribution is 2.40. The molecule has 0 aliphatic rings. The molecule has 4 rings (SSSR count). The largest absolute Gasteiger partial charge is 0.497 e. The number of halogens is 3. The summed E-state index contributed by atoms with van der Waals surface area (Å²) < 4.78 is 5.26. The number of fused-ring (bicyclic) bond motifs is 1. The lowest BCUT2D eigenvalue weighted by molar-refractivity contribution is 0.415. The fraction of sp³-hybridized carbons (Fsp3) is 0.100. The fourth-order valence-electron chi connectivity index (χ4n) is 2.79. The Labute approximate surface area is 185 Å². The summed E-state index contributed by atoms with van der Waals surface area (Å²) in [6.45, 7) is 0. The second-order valence-corrected chi connectivity index (χ2v) is 8.95. The minimum absolute atomic E-state index is 0.521. The third-order valence-corrected chi connectivity index (χ3v) is 6.99. The highest BCUT2D eigenvalue weighted by molar-refractivity contribution is 7.98. The molecule has 8 heteroatoms. The summed E-state index contributed by atoms with van der Waals surface area (Å²) in [4.78, 5) is 9.88. The maximum Gasteiger partial charge on any atom is 0.128 e. The van der Waals surface area contributed by atoms with Crippen molar-refractivity contribution in [2.45, 2.75) is 10.8 Å². The predicted molar refractivity (Wildman–Crippen MR) is 120 cm³/mol. The molecule has 3 nitrogen and oxygen atoms in total. The van der Waals surface area contributed by atoms with Gasteiger partial charge in [0.25, 0.3) is 0 Å². The van der Waals surface area contributed by atoms with Gasteiger partial charge in [0.15, 0.2) is 0 Å². The zero-order valence-electron chi connectivity index (χ0n) is 14.6. The first-order valence-corrected chi connectivity index (χ1v) is 11.2. The van der Waals surface area contributed by atoms with Crippen molar-refractivity contribution in [2.24, 2.45) is 0 Å². The summed E-state index contributed by atoms with van der Waals surface area (Å²) in [6, 6.07) is 11.4. The molecule has 0 bridgehead atoms. The van der Waals surface area contributed by atoms with Crippen LogP contribution >= 0.6 is 57.9 Å². The van der Waals surface area contributed by atoms with E-state index in [1.165, 1.54) is 0 Å². The number of hydrogen-bond acceptors (Lipinski definition) is 5. The molecule has 0 aliphatic carbocycles. The van der Waals surface area contributed by atoms with E-state index >= 15 is 0 Å². The molecule has 2 aromatic carbocycles. The van der Waals surface area contributed by atoms with E-state index in [2.05, 4.69) is 15.3 Å². The van der Waals surface area contributed by atoms with Gasteiger partial charge in [-0.25, -0.2) is 9.97 Å². The average Bonchev–Trinajstić information content (AvgIpc) is 3.12. The molecule has 28 heavy (non-hydrogen) atoms. The van der Waals surface area contributed by atoms with E-state index in [0.29, 0.717) is 20.8 Å². The van der Waals surface area contributed by atoms with Gasteiger partial charge in [-0.3, -0.25) is 0 Å². The first-order chi connectivity index (χ1) is 13.6. The molecule has 0 amide bonds. The van der Waals surface area contributed by atoms with E-state index in [4.69, 9.17) is 39.5 Å². The molecule has 2 heterocycles. The Kier molecular flexibility index (Phi) is 5.99. The van der Waals surface area contributed by atoms with Gasteiger partial charge in [0.05, 0.1) is 12.5 Å². The van der Waals surface area contributed by atoms with E-state index in [-0.39, 0.29) is 0 Å². The number of thiophene rings is 1. The van der Waals surface area contributed by atoms with E-state index in [9.17, 15) is 0 Å². The maximum atomic E-state index is 6.33. The van der Waals surface area contributed by atoms with Gasteiger partial charge in [0.2, 0.25) is 0 Å². The van der Waals surface area contributed by atoms with Gasteiger partial charge < -0.3 is 4.74 Å². The summed E-state index contributed by atoms with van der Waals surface area (Å²) in [5.74, 6) is 1.40. The molecule has 2 aromatic heterocycles. The van der Waals surface area contributed by atoms with Gasteiger partial charge in [-0.05, 0) is 35.4 Å². The van der Waals surface area contributed by atoms with Gasteiger partial charge in [-0.15, -0.1) is 23.1 Å². The zero-order valence-corrected chi connectivity index (χ0v) is 18.5. The number of ether oxygens (including phenoxy) is 1. The van der Waals surface area contributed by atoms with E-state index in [0.717, 1.165) is 37.7 Å². The molecule has 4 aromatic rings. The molecular weight excluding hydrogens is 455 g/mol. The van der Waals surface area contributed by atoms with Gasteiger partial charge in [0, 0.05) is 31.8 Å². The lowest BCUT2D eigenvalue weighted by atomic mass is 10.1. The lowest BCUT2D eigenvalue weighted by Gasteiger charge is -2.09. The quantitative estimate of drug-likeness (QED) is 0.223. The summed E-state index contributed by atoms with van der Waals surface area (Å²) in [7, 11) is 1.66. The maximum absolute atomic E-state index is 6.33. The summed E-state index contributed by atoms with van der Waals surface area (Å²) >= 11 is 21.8. The van der Waals surface area contributed by atoms with Gasteiger partial charge in [0.1, 0.15) is 21.9 Å². The van der Waals surface area contributed by atoms with Crippen LogP contribution in [-0.2, 0) is 5.75 Å². The smallest absolute Gasteiger partial charge is 0.128 e.